The third kappa shape index (κ3) is 2.62. The van der Waals surface area contributed by atoms with Gasteiger partial charge >= 0.3 is 0 Å². The van der Waals surface area contributed by atoms with E-state index in [-0.39, 0.29) is 0 Å². The molecule has 0 aliphatic carbocycles. The standard InChI is InChI=1S/C20H19ClSi/c1-16-13-14-20(17(2)15-16)22(21,18-9-5-3-6-10-18)19-11-7-4-8-12-19/h3-15H,1-2H3. The Morgan fingerprint density at radius 1 is 0.682 bits per heavy atom. The molecule has 0 aliphatic rings. The van der Waals surface area contributed by atoms with Crippen LogP contribution in [-0.4, -0.2) is 7.38 Å². The Bertz CT molecular complexity index is 727. The average molecular weight is 323 g/mol. The van der Waals surface area contributed by atoms with Gasteiger partial charge in [0.25, 0.3) is 0 Å². The first-order valence-electron chi connectivity index (χ1n) is 7.50. The Labute approximate surface area is 138 Å². The Kier molecular flexibility index (Phi) is 4.19. The van der Waals surface area contributed by atoms with Crippen molar-refractivity contribution in [3.05, 3.63) is 90.0 Å². The maximum atomic E-state index is 7.41. The third-order valence-corrected chi connectivity index (χ3v) is 9.58. The lowest BCUT2D eigenvalue weighted by Crippen LogP contribution is -2.63. The minimum Gasteiger partial charge on any atom is -0.149 e. The molecule has 22 heavy (non-hydrogen) atoms. The zero-order valence-corrected chi connectivity index (χ0v) is 14.6. The molecule has 3 aromatic rings. The van der Waals surface area contributed by atoms with Gasteiger partial charge in [-0.05, 0) is 35.0 Å². The van der Waals surface area contributed by atoms with Crippen molar-refractivity contribution in [1.29, 1.82) is 0 Å². The monoisotopic (exact) mass is 322 g/mol. The fourth-order valence-corrected chi connectivity index (χ4v) is 7.59. The topological polar surface area (TPSA) is 0 Å². The predicted molar refractivity (Wildman–Crippen MR) is 99.3 cm³/mol. The van der Waals surface area contributed by atoms with Crippen LogP contribution in [0.25, 0.3) is 0 Å². The van der Waals surface area contributed by atoms with Crippen LogP contribution in [0, 0.1) is 13.8 Å². The van der Waals surface area contributed by atoms with Gasteiger partial charge in [-0.3, -0.25) is 0 Å². The Balaban J connectivity index is 2.28. The van der Waals surface area contributed by atoms with Gasteiger partial charge in [0.1, 0.15) is 0 Å². The van der Waals surface area contributed by atoms with E-state index in [1.54, 1.807) is 0 Å². The highest BCUT2D eigenvalue weighted by Crippen LogP contribution is 2.15. The molecular formula is C20H19ClSi. The van der Waals surface area contributed by atoms with E-state index in [2.05, 4.69) is 80.6 Å². The summed E-state index contributed by atoms with van der Waals surface area (Å²) < 4.78 is 0. The van der Waals surface area contributed by atoms with Crippen LogP contribution in [0.5, 0.6) is 0 Å². The van der Waals surface area contributed by atoms with Crippen LogP contribution >= 0.6 is 11.1 Å². The van der Waals surface area contributed by atoms with E-state index in [1.165, 1.54) is 26.7 Å². The van der Waals surface area contributed by atoms with E-state index >= 15 is 0 Å². The summed E-state index contributed by atoms with van der Waals surface area (Å²) in [6.07, 6.45) is 0. The molecule has 0 saturated carbocycles. The van der Waals surface area contributed by atoms with Gasteiger partial charge in [0.05, 0.1) is 0 Å². The molecule has 0 unspecified atom stereocenters. The molecule has 0 radical (unpaired) electrons. The molecule has 2 heteroatoms. The normalized spacial score (nSPS) is 11.4. The SMILES string of the molecule is Cc1ccc([Si](Cl)(c2ccccc2)c2ccccc2)c(C)c1. The summed E-state index contributed by atoms with van der Waals surface area (Å²) in [6, 6.07) is 27.6. The number of hydrogen-bond donors (Lipinski definition) is 0. The van der Waals surface area contributed by atoms with Crippen LogP contribution in [0.4, 0.5) is 0 Å². The van der Waals surface area contributed by atoms with Crippen LogP contribution in [0.2, 0.25) is 0 Å². The van der Waals surface area contributed by atoms with Gasteiger partial charge in [-0.15, -0.1) is 11.1 Å². The Morgan fingerprint density at radius 2 is 1.18 bits per heavy atom. The molecular weight excluding hydrogens is 304 g/mol. The molecule has 0 aromatic heterocycles. The highest BCUT2D eigenvalue weighted by atomic mass is 35.6. The van der Waals surface area contributed by atoms with E-state index in [1.807, 2.05) is 12.1 Å². The second-order valence-electron chi connectivity index (χ2n) is 5.71. The van der Waals surface area contributed by atoms with Crippen molar-refractivity contribution < 1.29 is 0 Å². The second-order valence-corrected chi connectivity index (χ2v) is 10.4. The first-order valence-corrected chi connectivity index (χ1v) is 10.5. The van der Waals surface area contributed by atoms with Crippen molar-refractivity contribution in [2.45, 2.75) is 13.8 Å². The maximum Gasteiger partial charge on any atom is 0.248 e. The van der Waals surface area contributed by atoms with E-state index in [0.29, 0.717) is 0 Å². The lowest BCUT2D eigenvalue weighted by Gasteiger charge is -2.28. The molecule has 3 rings (SSSR count). The lowest BCUT2D eigenvalue weighted by molar-refractivity contribution is 1.41. The quantitative estimate of drug-likeness (QED) is 0.393. The van der Waals surface area contributed by atoms with Crippen molar-refractivity contribution >= 4 is 34.0 Å². The molecule has 0 heterocycles. The molecule has 0 aliphatic heterocycles. The molecule has 0 atom stereocenters. The Hall–Kier alpha value is -1.83. The zero-order valence-electron chi connectivity index (χ0n) is 12.9. The van der Waals surface area contributed by atoms with Crippen LogP contribution in [0.3, 0.4) is 0 Å². The number of benzene rings is 3. The van der Waals surface area contributed by atoms with Crippen LogP contribution in [0.15, 0.2) is 78.9 Å². The summed E-state index contributed by atoms with van der Waals surface area (Å²) in [5, 5.41) is 3.74. The molecule has 0 saturated heterocycles. The largest absolute Gasteiger partial charge is 0.248 e. The maximum absolute atomic E-state index is 7.41. The van der Waals surface area contributed by atoms with Crippen LogP contribution < -0.4 is 15.6 Å². The summed E-state index contributed by atoms with van der Waals surface area (Å²) >= 11 is 7.41. The van der Waals surface area contributed by atoms with E-state index in [9.17, 15) is 0 Å². The van der Waals surface area contributed by atoms with Gasteiger partial charge in [-0.2, -0.15) is 0 Å². The third-order valence-electron chi connectivity index (χ3n) is 4.10. The minimum atomic E-state index is -2.47. The van der Waals surface area contributed by atoms with Crippen LogP contribution in [-0.2, 0) is 0 Å². The molecule has 0 nitrogen and oxygen atoms in total. The summed E-state index contributed by atoms with van der Waals surface area (Å²) in [7, 11) is -2.47. The van der Waals surface area contributed by atoms with Crippen molar-refractivity contribution in [2.24, 2.45) is 0 Å². The lowest BCUT2D eigenvalue weighted by atomic mass is 10.2. The first kappa shape index (κ1) is 15.1. The van der Waals surface area contributed by atoms with E-state index in [4.69, 9.17) is 11.1 Å². The zero-order chi connectivity index (χ0) is 15.6. The van der Waals surface area contributed by atoms with E-state index in [0.717, 1.165) is 0 Å². The minimum absolute atomic E-state index is 1.23. The number of aryl methyl sites for hydroxylation is 2. The molecule has 0 amide bonds. The van der Waals surface area contributed by atoms with E-state index < -0.39 is 7.38 Å². The highest BCUT2D eigenvalue weighted by Gasteiger charge is 2.38. The fraction of sp³-hybridized carbons (Fsp3) is 0.100. The summed E-state index contributed by atoms with van der Waals surface area (Å²) in [4.78, 5) is 0. The van der Waals surface area contributed by atoms with Gasteiger partial charge in [0, 0.05) is 0 Å². The van der Waals surface area contributed by atoms with Gasteiger partial charge in [0.15, 0.2) is 0 Å². The summed E-state index contributed by atoms with van der Waals surface area (Å²) in [6.45, 7) is 4.29. The van der Waals surface area contributed by atoms with Gasteiger partial charge in [-0.1, -0.05) is 84.4 Å². The van der Waals surface area contributed by atoms with Gasteiger partial charge < -0.3 is 0 Å². The van der Waals surface area contributed by atoms with Gasteiger partial charge in [0.2, 0.25) is 7.38 Å². The molecule has 0 N–H and O–H groups in total. The summed E-state index contributed by atoms with van der Waals surface area (Å²) in [5.74, 6) is 0. The van der Waals surface area contributed by atoms with Crippen molar-refractivity contribution in [2.75, 3.05) is 0 Å². The van der Waals surface area contributed by atoms with Crippen molar-refractivity contribution in [1.82, 2.24) is 0 Å². The number of hydrogen-bond acceptors (Lipinski definition) is 0. The number of halogens is 1. The van der Waals surface area contributed by atoms with Crippen LogP contribution in [0.1, 0.15) is 11.1 Å². The molecule has 0 bridgehead atoms. The summed E-state index contributed by atoms with van der Waals surface area (Å²) in [5.41, 5.74) is 2.55. The van der Waals surface area contributed by atoms with Crippen molar-refractivity contribution in [3.63, 3.8) is 0 Å². The van der Waals surface area contributed by atoms with Crippen molar-refractivity contribution in [3.8, 4) is 0 Å². The Morgan fingerprint density at radius 3 is 1.64 bits per heavy atom. The molecule has 0 fully saturated rings. The average Bonchev–Trinajstić information content (AvgIpc) is 2.56. The second kappa shape index (κ2) is 6.11. The van der Waals surface area contributed by atoms with Gasteiger partial charge in [-0.25, -0.2) is 0 Å². The number of rotatable bonds is 3. The highest BCUT2D eigenvalue weighted by molar-refractivity contribution is 7.40. The first-order chi connectivity index (χ1) is 10.6. The predicted octanol–water partition coefficient (Wildman–Crippen LogP) is 3.51. The molecule has 3 aromatic carbocycles. The molecule has 0 spiro atoms. The smallest absolute Gasteiger partial charge is 0.149 e. The fourth-order valence-electron chi connectivity index (χ4n) is 3.01. The molecule has 110 valence electrons.